The normalized spacial score (nSPS) is 30.0. The second-order valence-corrected chi connectivity index (χ2v) is 3.96. The zero-order chi connectivity index (χ0) is 7.40. The lowest BCUT2D eigenvalue weighted by atomic mass is 10.2. The van der Waals surface area contributed by atoms with Gasteiger partial charge in [0.1, 0.15) is 0 Å². The molecule has 4 heteroatoms. The number of hydrogen-bond acceptors (Lipinski definition) is 3. The summed E-state index contributed by atoms with van der Waals surface area (Å²) in [4.78, 5) is 4.79. The van der Waals surface area contributed by atoms with E-state index in [9.17, 15) is 0 Å². The van der Waals surface area contributed by atoms with Crippen LogP contribution in [0.4, 0.5) is 0 Å². The summed E-state index contributed by atoms with van der Waals surface area (Å²) in [6.07, 6.45) is 3.67. The van der Waals surface area contributed by atoms with Gasteiger partial charge < -0.3 is 4.84 Å². The van der Waals surface area contributed by atoms with Crippen LogP contribution in [0.1, 0.15) is 19.3 Å². The van der Waals surface area contributed by atoms with Crippen molar-refractivity contribution in [2.24, 2.45) is 5.90 Å². The molecule has 1 saturated heterocycles. The predicted octanol–water partition coefficient (Wildman–Crippen LogP) is 1.08. The molecule has 0 aromatic carbocycles. The van der Waals surface area contributed by atoms with Gasteiger partial charge in [-0.3, -0.25) is 0 Å². The zero-order valence-corrected chi connectivity index (χ0v) is 8.08. The van der Waals surface area contributed by atoms with Crippen LogP contribution in [-0.2, 0) is 4.84 Å². The van der Waals surface area contributed by atoms with Crippen molar-refractivity contribution in [1.29, 1.82) is 0 Å². The van der Waals surface area contributed by atoms with Crippen LogP contribution < -0.4 is 5.90 Å². The summed E-state index contributed by atoms with van der Waals surface area (Å²) in [5, 5.41) is 0. The van der Waals surface area contributed by atoms with Gasteiger partial charge in [0, 0.05) is 36.0 Å². The lowest BCUT2D eigenvalue weighted by Crippen LogP contribution is -2.18. The monoisotopic (exact) mass is 256 g/mol. The lowest BCUT2D eigenvalue weighted by molar-refractivity contribution is 0.0447. The first-order valence-corrected chi connectivity index (χ1v) is 4.55. The number of nitrogens with two attached hydrogens (primary N) is 1. The van der Waals surface area contributed by atoms with Gasteiger partial charge in [-0.25, -0.2) is 9.01 Å². The average molecular weight is 256 g/mol. The van der Waals surface area contributed by atoms with E-state index in [-0.39, 0.29) is 0 Å². The molecule has 0 aliphatic carbocycles. The lowest BCUT2D eigenvalue weighted by Gasteiger charge is -2.10. The van der Waals surface area contributed by atoms with Crippen LogP contribution in [0.15, 0.2) is 0 Å². The van der Waals surface area contributed by atoms with Crippen molar-refractivity contribution in [2.75, 3.05) is 13.1 Å². The van der Waals surface area contributed by atoms with Crippen LogP contribution in [0, 0.1) is 0 Å². The summed E-state index contributed by atoms with van der Waals surface area (Å²) in [6.45, 7) is 2.27. The van der Waals surface area contributed by atoms with Crippen molar-refractivity contribution in [3.8, 4) is 0 Å². The van der Waals surface area contributed by atoms with Gasteiger partial charge in [0.05, 0.1) is 6.10 Å². The van der Waals surface area contributed by atoms with Crippen molar-refractivity contribution in [3.63, 3.8) is 0 Å². The fourth-order valence-electron chi connectivity index (χ4n) is 1.17. The Hall–Kier alpha value is 0.610. The standard InChI is InChI=1S/C6H13IN2O/c7-9-4-1-2-6(10-8)3-5-9/h6H,1-5,8H2. The molecule has 1 aliphatic rings. The van der Waals surface area contributed by atoms with Gasteiger partial charge in [-0.05, 0) is 19.3 Å². The van der Waals surface area contributed by atoms with Crippen molar-refractivity contribution in [1.82, 2.24) is 3.11 Å². The molecule has 0 spiro atoms. The Morgan fingerprint density at radius 3 is 2.90 bits per heavy atom. The Labute approximate surface area is 75.3 Å². The summed E-state index contributed by atoms with van der Waals surface area (Å²) >= 11 is 2.34. The molecule has 0 aromatic heterocycles. The Morgan fingerprint density at radius 2 is 2.20 bits per heavy atom. The molecule has 1 heterocycles. The highest BCUT2D eigenvalue weighted by atomic mass is 127. The van der Waals surface area contributed by atoms with Crippen LogP contribution in [0.25, 0.3) is 0 Å². The molecule has 0 bridgehead atoms. The third-order valence-corrected chi connectivity index (χ3v) is 2.78. The van der Waals surface area contributed by atoms with E-state index < -0.39 is 0 Å². The van der Waals surface area contributed by atoms with E-state index in [1.165, 1.54) is 13.0 Å². The molecule has 0 amide bonds. The Balaban J connectivity index is 2.26. The molecule has 1 unspecified atom stereocenters. The minimum atomic E-state index is 0.291. The molecule has 60 valence electrons. The summed E-state index contributed by atoms with van der Waals surface area (Å²) in [6, 6.07) is 0. The highest BCUT2D eigenvalue weighted by molar-refractivity contribution is 14.1. The van der Waals surface area contributed by atoms with Crippen LogP contribution in [0.3, 0.4) is 0 Å². The van der Waals surface area contributed by atoms with E-state index in [0.717, 1.165) is 19.4 Å². The summed E-state index contributed by atoms with van der Waals surface area (Å²) < 4.78 is 2.29. The SMILES string of the molecule is NOC1CCCN(I)CC1. The maximum atomic E-state index is 5.10. The highest BCUT2D eigenvalue weighted by Gasteiger charge is 2.14. The van der Waals surface area contributed by atoms with Gasteiger partial charge in [-0.15, -0.1) is 0 Å². The van der Waals surface area contributed by atoms with E-state index in [0.29, 0.717) is 6.10 Å². The summed E-state index contributed by atoms with van der Waals surface area (Å²) in [5.41, 5.74) is 0. The molecular formula is C6H13IN2O. The van der Waals surface area contributed by atoms with Crippen molar-refractivity contribution in [3.05, 3.63) is 0 Å². The minimum Gasteiger partial charge on any atom is -0.301 e. The minimum absolute atomic E-state index is 0.291. The average Bonchev–Trinajstić information content (AvgIpc) is 2.14. The molecule has 1 aliphatic heterocycles. The van der Waals surface area contributed by atoms with E-state index in [2.05, 4.69) is 26.0 Å². The van der Waals surface area contributed by atoms with Crippen molar-refractivity contribution in [2.45, 2.75) is 25.4 Å². The smallest absolute Gasteiger partial charge is 0.0800 e. The topological polar surface area (TPSA) is 38.5 Å². The van der Waals surface area contributed by atoms with E-state index in [1.807, 2.05) is 0 Å². The maximum Gasteiger partial charge on any atom is 0.0800 e. The Bertz CT molecular complexity index is 102. The predicted molar refractivity (Wildman–Crippen MR) is 48.5 cm³/mol. The fraction of sp³-hybridized carbons (Fsp3) is 1.00. The molecule has 10 heavy (non-hydrogen) atoms. The van der Waals surface area contributed by atoms with Crippen LogP contribution in [0.5, 0.6) is 0 Å². The van der Waals surface area contributed by atoms with Crippen molar-refractivity contribution >= 4 is 22.9 Å². The molecule has 0 saturated carbocycles. The van der Waals surface area contributed by atoms with Crippen molar-refractivity contribution < 1.29 is 4.84 Å². The molecule has 0 aromatic rings. The molecule has 2 N–H and O–H groups in total. The third-order valence-electron chi connectivity index (χ3n) is 1.81. The van der Waals surface area contributed by atoms with E-state index >= 15 is 0 Å². The van der Waals surface area contributed by atoms with E-state index in [1.54, 1.807) is 0 Å². The molecule has 0 radical (unpaired) electrons. The first kappa shape index (κ1) is 8.70. The molecule has 1 rings (SSSR count). The van der Waals surface area contributed by atoms with Crippen LogP contribution >= 0.6 is 22.9 Å². The quantitative estimate of drug-likeness (QED) is 0.433. The second-order valence-electron chi connectivity index (χ2n) is 2.60. The maximum absolute atomic E-state index is 5.10. The summed E-state index contributed by atoms with van der Waals surface area (Å²) in [7, 11) is 0. The molecule has 1 fully saturated rings. The van der Waals surface area contributed by atoms with Crippen LogP contribution in [0.2, 0.25) is 0 Å². The molecule has 1 atom stereocenters. The van der Waals surface area contributed by atoms with Gasteiger partial charge in [0.15, 0.2) is 0 Å². The number of hydrogen-bond donors (Lipinski definition) is 1. The highest BCUT2D eigenvalue weighted by Crippen LogP contribution is 2.14. The fourth-order valence-corrected chi connectivity index (χ4v) is 1.79. The molecular weight excluding hydrogens is 243 g/mol. The zero-order valence-electron chi connectivity index (χ0n) is 5.92. The Kier molecular flexibility index (Phi) is 3.90. The van der Waals surface area contributed by atoms with Gasteiger partial charge in [0.25, 0.3) is 0 Å². The third kappa shape index (κ3) is 2.69. The first-order chi connectivity index (χ1) is 4.83. The Morgan fingerprint density at radius 1 is 1.40 bits per heavy atom. The number of nitrogens with zero attached hydrogens (tertiary/aromatic N) is 1. The second kappa shape index (κ2) is 4.48. The van der Waals surface area contributed by atoms with E-state index in [4.69, 9.17) is 10.7 Å². The summed E-state index contributed by atoms with van der Waals surface area (Å²) in [5.74, 6) is 5.10. The number of rotatable bonds is 1. The van der Waals surface area contributed by atoms with Crippen LogP contribution in [-0.4, -0.2) is 22.3 Å². The van der Waals surface area contributed by atoms with Gasteiger partial charge in [-0.1, -0.05) is 0 Å². The first-order valence-electron chi connectivity index (χ1n) is 3.59. The van der Waals surface area contributed by atoms with Gasteiger partial charge in [-0.2, -0.15) is 0 Å². The largest absolute Gasteiger partial charge is 0.301 e. The molecule has 3 nitrogen and oxygen atoms in total. The number of halogens is 1. The van der Waals surface area contributed by atoms with Gasteiger partial charge >= 0.3 is 0 Å². The van der Waals surface area contributed by atoms with Gasteiger partial charge in [0.2, 0.25) is 0 Å².